The van der Waals surface area contributed by atoms with Crippen LogP contribution in [0.25, 0.3) is 0 Å². The van der Waals surface area contributed by atoms with E-state index in [1.807, 2.05) is 74.4 Å². The van der Waals surface area contributed by atoms with Gasteiger partial charge in [-0.05, 0) is 36.4 Å². The number of rotatable bonds is 7. The third kappa shape index (κ3) is 7.03. The maximum absolute atomic E-state index is 13.2. The summed E-state index contributed by atoms with van der Waals surface area (Å²) in [7, 11) is 3.33. The van der Waals surface area contributed by atoms with Crippen LogP contribution in [0.15, 0.2) is 46.2 Å². The molecule has 0 aromatic heterocycles. The number of hydrogen-bond donors (Lipinski definition) is 2. The minimum absolute atomic E-state index is 0. The van der Waals surface area contributed by atoms with E-state index in [1.54, 1.807) is 11.8 Å². The van der Waals surface area contributed by atoms with Gasteiger partial charge >= 0.3 is 35.6 Å². The molecule has 178 valence electrons. The molecule has 2 N–H and O–H groups in total. The summed E-state index contributed by atoms with van der Waals surface area (Å²) < 4.78 is 32.0. The van der Waals surface area contributed by atoms with Crippen molar-refractivity contribution >= 4 is 56.6 Å². The molecule has 3 rings (SSSR count). The van der Waals surface area contributed by atoms with Crippen molar-refractivity contribution in [2.24, 2.45) is 0 Å². The fourth-order valence-corrected chi connectivity index (χ4v) is 4.65. The predicted octanol–water partition coefficient (Wildman–Crippen LogP) is -1.20. The van der Waals surface area contributed by atoms with Crippen LogP contribution in [0.3, 0.4) is 0 Å². The summed E-state index contributed by atoms with van der Waals surface area (Å²) in [5.74, 6) is -1.30. The number of fused-ring (bicyclic) bond motifs is 2. The van der Waals surface area contributed by atoms with Crippen LogP contribution in [0.2, 0.25) is 0 Å². The molecule has 1 heterocycles. The van der Waals surface area contributed by atoms with E-state index < -0.39 is 27.8 Å². The van der Waals surface area contributed by atoms with E-state index in [2.05, 4.69) is 10.6 Å². The van der Waals surface area contributed by atoms with E-state index in [0.717, 1.165) is 21.2 Å². The van der Waals surface area contributed by atoms with Gasteiger partial charge in [0, 0.05) is 55.9 Å². The van der Waals surface area contributed by atoms with Crippen molar-refractivity contribution in [1.29, 1.82) is 0 Å². The standard InChI is InChI=1S/C21H27N5O5S2.Na/c1-24(2)14-5-7-16-18(11-14)32-19-12-15(25(3)4)6-8-17(19)26(16)21(28)23-13-20(27)22-9-10-33(29,30)31;/h5-8,11-12H,9-10,13H2,1-4H3,(H,22,27)(H,23,28)(H,29,30,31);/q;+1/p-1. The summed E-state index contributed by atoms with van der Waals surface area (Å²) in [6.07, 6.45) is 0. The van der Waals surface area contributed by atoms with E-state index in [9.17, 15) is 22.6 Å². The molecule has 13 heteroatoms. The van der Waals surface area contributed by atoms with Crippen molar-refractivity contribution in [1.82, 2.24) is 10.6 Å². The topological polar surface area (TPSA) is 125 Å². The quantitative estimate of drug-likeness (QED) is 0.348. The fraction of sp³-hybridized carbons (Fsp3) is 0.333. The van der Waals surface area contributed by atoms with Crippen LogP contribution in [-0.2, 0) is 14.9 Å². The van der Waals surface area contributed by atoms with Crippen LogP contribution >= 0.6 is 11.8 Å². The maximum Gasteiger partial charge on any atom is 1.00 e. The minimum Gasteiger partial charge on any atom is -0.748 e. The first-order valence-corrected chi connectivity index (χ1v) is 12.4. The number of carbonyl (C=O) groups excluding carboxylic acids is 2. The minimum atomic E-state index is -4.42. The van der Waals surface area contributed by atoms with Gasteiger partial charge in [-0.25, -0.2) is 13.2 Å². The van der Waals surface area contributed by atoms with Gasteiger partial charge in [-0.15, -0.1) is 0 Å². The summed E-state index contributed by atoms with van der Waals surface area (Å²) in [4.78, 5) is 32.4. The average Bonchev–Trinajstić information content (AvgIpc) is 2.73. The van der Waals surface area contributed by atoms with E-state index in [0.29, 0.717) is 11.4 Å². The summed E-state index contributed by atoms with van der Waals surface area (Å²) in [6.45, 7) is -0.676. The van der Waals surface area contributed by atoms with Crippen LogP contribution in [0, 0.1) is 0 Å². The van der Waals surface area contributed by atoms with Crippen molar-refractivity contribution in [2.75, 3.05) is 61.7 Å². The Bertz CT molecular complexity index is 1120. The van der Waals surface area contributed by atoms with Gasteiger partial charge in [0.1, 0.15) is 0 Å². The van der Waals surface area contributed by atoms with Gasteiger partial charge in [0.05, 0.1) is 33.8 Å². The normalized spacial score (nSPS) is 12.1. The zero-order valence-corrected chi connectivity index (χ0v) is 23.4. The summed E-state index contributed by atoms with van der Waals surface area (Å²) in [5, 5.41) is 4.88. The van der Waals surface area contributed by atoms with Gasteiger partial charge in [0.25, 0.3) is 0 Å². The SMILES string of the molecule is CN(C)c1ccc2c(c1)Sc1cc(N(C)C)ccc1N2C(=O)NCC(=O)NCCS(=O)(=O)[O-].[Na+]. The van der Waals surface area contributed by atoms with Crippen LogP contribution in [0.5, 0.6) is 0 Å². The van der Waals surface area contributed by atoms with Crippen molar-refractivity contribution in [2.45, 2.75) is 9.79 Å². The molecule has 3 amide bonds. The third-order valence-corrected chi connectivity index (χ3v) is 6.70. The number of carbonyl (C=O) groups is 2. The molecule has 0 unspecified atom stereocenters. The average molecular weight is 516 g/mol. The van der Waals surface area contributed by atoms with Crippen molar-refractivity contribution in [3.8, 4) is 0 Å². The smallest absolute Gasteiger partial charge is 0.748 e. The summed E-state index contributed by atoms with van der Waals surface area (Å²) >= 11 is 1.56. The molecule has 0 saturated carbocycles. The van der Waals surface area contributed by atoms with E-state index >= 15 is 0 Å². The first kappa shape index (κ1) is 28.3. The first-order chi connectivity index (χ1) is 15.5. The van der Waals surface area contributed by atoms with Crippen LogP contribution in [0.4, 0.5) is 27.5 Å². The number of benzene rings is 2. The molecule has 0 bridgehead atoms. The summed E-state index contributed by atoms with van der Waals surface area (Å²) in [6, 6.07) is 11.0. The number of nitrogens with zero attached hydrogens (tertiary/aromatic N) is 3. The molecule has 0 atom stereocenters. The van der Waals surface area contributed by atoms with Crippen LogP contribution in [-0.4, -0.2) is 71.9 Å². The van der Waals surface area contributed by atoms with Gasteiger partial charge in [-0.2, -0.15) is 0 Å². The molecular weight excluding hydrogens is 489 g/mol. The second-order valence-electron chi connectivity index (χ2n) is 7.80. The molecule has 0 aliphatic carbocycles. The molecule has 34 heavy (non-hydrogen) atoms. The molecular formula is C21H26N5NaO5S2. The van der Waals surface area contributed by atoms with Crippen LogP contribution < -0.4 is 54.9 Å². The van der Waals surface area contributed by atoms with Gasteiger partial charge in [0.2, 0.25) is 5.91 Å². The Labute approximate surface area is 226 Å². The zero-order valence-electron chi connectivity index (χ0n) is 19.8. The largest absolute Gasteiger partial charge is 1.00 e. The van der Waals surface area contributed by atoms with Gasteiger partial charge in [-0.1, -0.05) is 11.8 Å². The second-order valence-corrected chi connectivity index (χ2v) is 10.4. The molecule has 1 aliphatic rings. The van der Waals surface area contributed by atoms with Gasteiger partial charge < -0.3 is 25.0 Å². The molecule has 0 saturated heterocycles. The summed E-state index contributed by atoms with van der Waals surface area (Å²) in [5.41, 5.74) is 3.35. The Morgan fingerprint density at radius 1 is 0.941 bits per heavy atom. The monoisotopic (exact) mass is 515 g/mol. The van der Waals surface area contributed by atoms with Gasteiger partial charge in [0.15, 0.2) is 0 Å². The Morgan fingerprint density at radius 2 is 1.44 bits per heavy atom. The maximum atomic E-state index is 13.2. The number of hydrogen-bond acceptors (Lipinski definition) is 8. The molecule has 2 aromatic rings. The molecule has 0 fully saturated rings. The van der Waals surface area contributed by atoms with Crippen molar-refractivity contribution in [3.05, 3.63) is 36.4 Å². The predicted molar refractivity (Wildman–Crippen MR) is 129 cm³/mol. The van der Waals surface area contributed by atoms with Gasteiger partial charge in [-0.3, -0.25) is 9.69 Å². The molecule has 2 aromatic carbocycles. The Hall–Kier alpha value is -1.96. The zero-order chi connectivity index (χ0) is 24.3. The Balaban J connectivity index is 0.00000408. The number of urea groups is 1. The fourth-order valence-electron chi connectivity index (χ4n) is 3.17. The first-order valence-electron chi connectivity index (χ1n) is 10.0. The molecule has 0 spiro atoms. The third-order valence-electron chi connectivity index (χ3n) is 4.90. The Morgan fingerprint density at radius 3 is 1.88 bits per heavy atom. The van der Waals surface area contributed by atoms with Crippen molar-refractivity contribution in [3.63, 3.8) is 0 Å². The molecule has 10 nitrogen and oxygen atoms in total. The van der Waals surface area contributed by atoms with E-state index in [-0.39, 0.29) is 42.6 Å². The van der Waals surface area contributed by atoms with Crippen LogP contribution in [0.1, 0.15) is 0 Å². The van der Waals surface area contributed by atoms with E-state index in [4.69, 9.17) is 0 Å². The van der Waals surface area contributed by atoms with Crippen molar-refractivity contribution < 1.29 is 52.1 Å². The number of amides is 3. The number of anilines is 4. The Kier molecular flexibility index (Phi) is 9.69. The van der Waals surface area contributed by atoms with E-state index in [1.165, 1.54) is 4.90 Å². The number of nitrogens with one attached hydrogen (secondary N) is 2. The molecule has 1 aliphatic heterocycles. The second kappa shape index (κ2) is 11.6. The molecule has 0 radical (unpaired) electrons.